The minimum absolute atomic E-state index is 0.0136. The van der Waals surface area contributed by atoms with Gasteiger partial charge in [0.25, 0.3) is 5.91 Å². The van der Waals surface area contributed by atoms with Crippen LogP contribution in [-0.4, -0.2) is 49.0 Å². The average Bonchev–Trinajstić information content (AvgIpc) is 3.41. The van der Waals surface area contributed by atoms with Crippen molar-refractivity contribution in [1.29, 1.82) is 0 Å². The minimum atomic E-state index is -0.779. The second-order valence-corrected chi connectivity index (χ2v) is 8.14. The summed E-state index contributed by atoms with van der Waals surface area (Å²) in [7, 11) is 1.60. The number of methoxy groups -OCH3 is 1. The molecule has 0 aromatic heterocycles. The molecule has 29 heavy (non-hydrogen) atoms. The molecule has 2 N–H and O–H groups in total. The molecule has 154 valence electrons. The molecule has 2 fully saturated rings. The van der Waals surface area contributed by atoms with Crippen molar-refractivity contribution in [3.8, 4) is 5.75 Å². The summed E-state index contributed by atoms with van der Waals surface area (Å²) in [4.78, 5) is 38.3. The summed E-state index contributed by atoms with van der Waals surface area (Å²) in [5, 5.41) is 5.59. The first-order valence-electron chi connectivity index (χ1n) is 10.2. The zero-order valence-electron chi connectivity index (χ0n) is 16.6. The fraction of sp³-hybridized carbons (Fsp3) is 0.500. The lowest BCUT2D eigenvalue weighted by Gasteiger charge is -2.19. The highest BCUT2D eigenvalue weighted by Gasteiger charge is 2.39. The molecule has 0 radical (unpaired) electrons. The highest BCUT2D eigenvalue weighted by molar-refractivity contribution is 6.05. The van der Waals surface area contributed by atoms with Gasteiger partial charge in [-0.05, 0) is 54.7 Å². The van der Waals surface area contributed by atoms with E-state index in [4.69, 9.17) is 4.74 Å². The van der Waals surface area contributed by atoms with E-state index in [1.165, 1.54) is 11.3 Å². The molecular formula is C22H27N3O4. The van der Waals surface area contributed by atoms with Gasteiger partial charge in [-0.25, -0.2) is 4.79 Å². The number of ether oxygens (including phenoxy) is 1. The lowest BCUT2D eigenvalue weighted by atomic mass is 9.93. The van der Waals surface area contributed by atoms with E-state index in [9.17, 15) is 14.4 Å². The number of hydrogen-bond acceptors (Lipinski definition) is 4. The van der Waals surface area contributed by atoms with E-state index >= 15 is 0 Å². The van der Waals surface area contributed by atoms with Crippen molar-refractivity contribution >= 4 is 17.8 Å². The van der Waals surface area contributed by atoms with E-state index in [2.05, 4.69) is 22.8 Å². The Kier molecular flexibility index (Phi) is 5.56. The number of fused-ring (bicyclic) bond motifs is 2. The maximum atomic E-state index is 12.6. The summed E-state index contributed by atoms with van der Waals surface area (Å²) in [6, 6.07) is 6.30. The Morgan fingerprint density at radius 2 is 2.00 bits per heavy atom. The van der Waals surface area contributed by atoms with Gasteiger partial charge in [-0.15, -0.1) is 0 Å². The third-order valence-corrected chi connectivity index (χ3v) is 6.26. The van der Waals surface area contributed by atoms with Crippen LogP contribution in [0.1, 0.15) is 24.8 Å². The number of carbonyl (C=O) groups is 3. The lowest BCUT2D eigenvalue weighted by molar-refractivity contribution is -0.130. The van der Waals surface area contributed by atoms with Crippen molar-refractivity contribution in [2.24, 2.45) is 17.8 Å². The maximum Gasteiger partial charge on any atom is 0.324 e. The van der Waals surface area contributed by atoms with Crippen LogP contribution in [0.15, 0.2) is 36.4 Å². The normalized spacial score (nSPS) is 27.4. The molecule has 1 heterocycles. The summed E-state index contributed by atoms with van der Waals surface area (Å²) in [6.45, 7) is 0.924. The van der Waals surface area contributed by atoms with Gasteiger partial charge in [0.1, 0.15) is 11.8 Å². The number of carbonyl (C=O) groups excluding carboxylic acids is 3. The van der Waals surface area contributed by atoms with Gasteiger partial charge in [0, 0.05) is 13.1 Å². The number of hydrogen-bond donors (Lipinski definition) is 2. The van der Waals surface area contributed by atoms with Crippen molar-refractivity contribution in [2.45, 2.75) is 31.7 Å². The largest absolute Gasteiger partial charge is 0.497 e. The van der Waals surface area contributed by atoms with Crippen LogP contribution >= 0.6 is 0 Å². The molecule has 1 saturated heterocycles. The lowest BCUT2D eigenvalue weighted by Crippen LogP contribution is -2.38. The highest BCUT2D eigenvalue weighted by Crippen LogP contribution is 2.42. The molecule has 1 aliphatic heterocycles. The molecule has 4 rings (SSSR count). The van der Waals surface area contributed by atoms with E-state index in [1.807, 2.05) is 24.3 Å². The average molecular weight is 397 g/mol. The van der Waals surface area contributed by atoms with Crippen molar-refractivity contribution in [2.75, 3.05) is 20.2 Å². The summed E-state index contributed by atoms with van der Waals surface area (Å²) in [5.41, 5.74) is 1.01. The van der Waals surface area contributed by atoms with Gasteiger partial charge in [0.05, 0.1) is 13.5 Å². The highest BCUT2D eigenvalue weighted by atomic mass is 16.5. The molecule has 0 spiro atoms. The number of amides is 4. The molecule has 1 aromatic carbocycles. The van der Waals surface area contributed by atoms with Crippen LogP contribution in [-0.2, 0) is 16.0 Å². The van der Waals surface area contributed by atoms with Crippen LogP contribution in [0.5, 0.6) is 5.75 Å². The van der Waals surface area contributed by atoms with E-state index in [1.54, 1.807) is 7.11 Å². The topological polar surface area (TPSA) is 87.7 Å². The summed E-state index contributed by atoms with van der Waals surface area (Å²) in [5.74, 6) is 1.97. The number of nitrogens with one attached hydrogen (secondary N) is 2. The van der Waals surface area contributed by atoms with Crippen LogP contribution in [0.4, 0.5) is 4.79 Å². The Hall–Kier alpha value is -2.83. The van der Waals surface area contributed by atoms with Crippen LogP contribution in [0.2, 0.25) is 0 Å². The fourth-order valence-electron chi connectivity index (χ4n) is 4.59. The van der Waals surface area contributed by atoms with Crippen molar-refractivity contribution in [1.82, 2.24) is 15.5 Å². The summed E-state index contributed by atoms with van der Waals surface area (Å²) in [6.07, 6.45) is 7.39. The van der Waals surface area contributed by atoms with Crippen LogP contribution in [0.25, 0.3) is 0 Å². The van der Waals surface area contributed by atoms with Crippen LogP contribution < -0.4 is 15.4 Å². The quantitative estimate of drug-likeness (QED) is 0.518. The van der Waals surface area contributed by atoms with Gasteiger partial charge in [-0.2, -0.15) is 0 Å². The van der Waals surface area contributed by atoms with Crippen molar-refractivity contribution in [3.63, 3.8) is 0 Å². The van der Waals surface area contributed by atoms with Crippen molar-refractivity contribution < 1.29 is 19.1 Å². The predicted octanol–water partition coefficient (Wildman–Crippen LogP) is 1.88. The molecule has 7 nitrogen and oxygen atoms in total. The molecule has 3 aliphatic rings. The number of urea groups is 1. The van der Waals surface area contributed by atoms with Gasteiger partial charge < -0.3 is 15.4 Å². The van der Waals surface area contributed by atoms with E-state index in [0.29, 0.717) is 30.7 Å². The van der Waals surface area contributed by atoms with Crippen LogP contribution in [0, 0.1) is 17.8 Å². The summed E-state index contributed by atoms with van der Waals surface area (Å²) >= 11 is 0. The fourth-order valence-corrected chi connectivity index (χ4v) is 4.59. The number of rotatable bonds is 8. The number of benzene rings is 1. The standard InChI is InChI=1S/C22H27N3O4/c1-29-18-6-3-14(4-7-18)8-9-25-21(27)19(24-22(25)28)12-20(26)23-13-17-11-15-2-5-16(17)10-15/h2-7,15-17,19H,8-13H2,1H3,(H,23,26)(H,24,28)/t15-,16-,17-,19-/m0/s1. The third kappa shape index (κ3) is 4.28. The zero-order valence-corrected chi connectivity index (χ0v) is 16.6. The van der Waals surface area contributed by atoms with Gasteiger partial charge in [0.15, 0.2) is 0 Å². The van der Waals surface area contributed by atoms with E-state index in [0.717, 1.165) is 17.7 Å². The molecule has 1 saturated carbocycles. The Balaban J connectivity index is 1.23. The predicted molar refractivity (Wildman–Crippen MR) is 107 cm³/mol. The third-order valence-electron chi connectivity index (χ3n) is 6.26. The molecule has 1 aromatic rings. The molecule has 7 heteroatoms. The molecule has 0 unspecified atom stereocenters. The van der Waals surface area contributed by atoms with E-state index in [-0.39, 0.29) is 24.8 Å². The zero-order chi connectivity index (χ0) is 20.4. The van der Waals surface area contributed by atoms with E-state index < -0.39 is 12.1 Å². The van der Waals surface area contributed by atoms with Gasteiger partial charge in [-0.3, -0.25) is 14.5 Å². The summed E-state index contributed by atoms with van der Waals surface area (Å²) < 4.78 is 5.13. The first-order valence-corrected chi connectivity index (χ1v) is 10.2. The van der Waals surface area contributed by atoms with Crippen LogP contribution in [0.3, 0.4) is 0 Å². The Bertz CT molecular complexity index is 820. The van der Waals surface area contributed by atoms with Gasteiger partial charge in [0.2, 0.25) is 5.91 Å². The second kappa shape index (κ2) is 8.27. The number of nitrogens with zero attached hydrogens (tertiary/aromatic N) is 1. The molecule has 4 amide bonds. The first kappa shape index (κ1) is 19.5. The first-order chi connectivity index (χ1) is 14.0. The minimum Gasteiger partial charge on any atom is -0.497 e. The SMILES string of the molecule is COc1ccc(CCN2C(=O)N[C@@H](CC(=O)NC[C@@H]3C[C@H]4C=C[C@H]3C4)C2=O)cc1. The number of imide groups is 1. The number of allylic oxidation sites excluding steroid dienone is 2. The van der Waals surface area contributed by atoms with Gasteiger partial charge >= 0.3 is 6.03 Å². The molecule has 2 bridgehead atoms. The maximum absolute atomic E-state index is 12.6. The Morgan fingerprint density at radius 3 is 2.66 bits per heavy atom. The van der Waals surface area contributed by atoms with Crippen molar-refractivity contribution in [3.05, 3.63) is 42.0 Å². The molecule has 4 atom stereocenters. The molecular weight excluding hydrogens is 370 g/mol. The Morgan fingerprint density at radius 1 is 1.21 bits per heavy atom. The van der Waals surface area contributed by atoms with Gasteiger partial charge in [-0.1, -0.05) is 24.3 Å². The molecule has 2 aliphatic carbocycles. The smallest absolute Gasteiger partial charge is 0.324 e. The second-order valence-electron chi connectivity index (χ2n) is 8.14. The Labute approximate surface area is 170 Å². The monoisotopic (exact) mass is 397 g/mol.